The maximum absolute atomic E-state index is 12.1. The van der Waals surface area contributed by atoms with E-state index in [4.69, 9.17) is 4.74 Å². The lowest BCUT2D eigenvalue weighted by Gasteiger charge is -2.05. The first-order valence-electron chi connectivity index (χ1n) is 8.16. The van der Waals surface area contributed by atoms with E-state index in [-0.39, 0.29) is 5.91 Å². The molecule has 0 bridgehead atoms. The number of methoxy groups -OCH3 is 1. The first kappa shape index (κ1) is 18.4. The van der Waals surface area contributed by atoms with Crippen LogP contribution in [0.4, 0.5) is 5.13 Å². The zero-order valence-electron chi connectivity index (χ0n) is 14.3. The molecule has 0 aliphatic heterocycles. The molecule has 0 spiro atoms. The molecular weight excluding hydrogens is 366 g/mol. The Hall–Kier alpha value is -2.38. The first-order chi connectivity index (χ1) is 12.7. The lowest BCUT2D eigenvalue weighted by molar-refractivity contribution is -0.115. The second kappa shape index (κ2) is 9.35. The van der Waals surface area contributed by atoms with Crippen molar-refractivity contribution < 1.29 is 9.53 Å². The number of hydrogen-bond acceptors (Lipinski definition) is 6. The molecule has 0 fully saturated rings. The standard InChI is InChI=1S/C19H19N3O2S2/c1-24-16-10-6-5-7-14(16)13-18-21-22-19(26-18)20-17(23)11-12-25-15-8-3-2-4-9-15/h2-10H,11-13H2,1H3,(H,20,22,23). The molecule has 2 aromatic carbocycles. The van der Waals surface area contributed by atoms with E-state index < -0.39 is 0 Å². The van der Waals surface area contributed by atoms with Crippen molar-refractivity contribution in [1.29, 1.82) is 0 Å². The molecule has 0 unspecified atom stereocenters. The second-order valence-corrected chi connectivity index (χ2v) is 7.68. The van der Waals surface area contributed by atoms with E-state index in [2.05, 4.69) is 15.5 Å². The van der Waals surface area contributed by atoms with Crippen molar-refractivity contribution >= 4 is 34.1 Å². The van der Waals surface area contributed by atoms with Crippen LogP contribution in [0.3, 0.4) is 0 Å². The largest absolute Gasteiger partial charge is 0.496 e. The van der Waals surface area contributed by atoms with Crippen molar-refractivity contribution in [3.05, 3.63) is 65.2 Å². The number of amides is 1. The maximum Gasteiger partial charge on any atom is 0.227 e. The molecule has 0 atom stereocenters. The number of anilines is 1. The van der Waals surface area contributed by atoms with Gasteiger partial charge < -0.3 is 10.1 Å². The van der Waals surface area contributed by atoms with Gasteiger partial charge in [-0.3, -0.25) is 4.79 Å². The van der Waals surface area contributed by atoms with Crippen LogP contribution >= 0.6 is 23.1 Å². The fraction of sp³-hybridized carbons (Fsp3) is 0.211. The summed E-state index contributed by atoms with van der Waals surface area (Å²) in [4.78, 5) is 13.2. The van der Waals surface area contributed by atoms with Crippen LogP contribution in [0.2, 0.25) is 0 Å². The Kier molecular flexibility index (Phi) is 6.62. The van der Waals surface area contributed by atoms with Gasteiger partial charge in [0.15, 0.2) is 0 Å². The predicted molar refractivity (Wildman–Crippen MR) is 106 cm³/mol. The van der Waals surface area contributed by atoms with Crippen molar-refractivity contribution in [2.45, 2.75) is 17.7 Å². The van der Waals surface area contributed by atoms with E-state index >= 15 is 0 Å². The van der Waals surface area contributed by atoms with Crippen LogP contribution in [0.5, 0.6) is 5.75 Å². The number of aromatic nitrogens is 2. The lowest BCUT2D eigenvalue weighted by atomic mass is 10.1. The Morgan fingerprint density at radius 3 is 2.69 bits per heavy atom. The summed E-state index contributed by atoms with van der Waals surface area (Å²) in [5, 5.41) is 12.4. The Morgan fingerprint density at radius 2 is 1.88 bits per heavy atom. The lowest BCUT2D eigenvalue weighted by Crippen LogP contribution is -2.11. The molecule has 0 radical (unpaired) electrons. The normalized spacial score (nSPS) is 10.5. The molecule has 0 saturated heterocycles. The van der Waals surface area contributed by atoms with Gasteiger partial charge in [-0.25, -0.2) is 0 Å². The second-order valence-electron chi connectivity index (χ2n) is 5.45. The number of hydrogen-bond donors (Lipinski definition) is 1. The summed E-state index contributed by atoms with van der Waals surface area (Å²) >= 11 is 3.05. The average molecular weight is 386 g/mol. The molecule has 134 valence electrons. The molecule has 1 heterocycles. The van der Waals surface area contributed by atoms with Crippen molar-refractivity contribution in [2.24, 2.45) is 0 Å². The number of thioether (sulfide) groups is 1. The molecule has 3 rings (SSSR count). The van der Waals surface area contributed by atoms with E-state index in [0.717, 1.165) is 27.0 Å². The Balaban J connectivity index is 1.49. The summed E-state index contributed by atoms with van der Waals surface area (Å²) in [7, 11) is 1.65. The van der Waals surface area contributed by atoms with Gasteiger partial charge in [-0.05, 0) is 18.2 Å². The number of para-hydroxylation sites is 1. The van der Waals surface area contributed by atoms with Gasteiger partial charge >= 0.3 is 0 Å². The quantitative estimate of drug-likeness (QED) is 0.587. The molecule has 1 aromatic heterocycles. The van der Waals surface area contributed by atoms with Gasteiger partial charge in [0.2, 0.25) is 11.0 Å². The van der Waals surface area contributed by atoms with E-state index in [1.165, 1.54) is 11.3 Å². The van der Waals surface area contributed by atoms with E-state index in [9.17, 15) is 4.79 Å². The molecule has 1 N–H and O–H groups in total. The van der Waals surface area contributed by atoms with Crippen LogP contribution in [0.15, 0.2) is 59.5 Å². The third kappa shape index (κ3) is 5.31. The summed E-state index contributed by atoms with van der Waals surface area (Å²) in [6.45, 7) is 0. The highest BCUT2D eigenvalue weighted by molar-refractivity contribution is 7.99. The third-order valence-electron chi connectivity index (χ3n) is 3.59. The molecular formula is C19H19N3O2S2. The van der Waals surface area contributed by atoms with Crippen LogP contribution in [-0.2, 0) is 11.2 Å². The van der Waals surface area contributed by atoms with Crippen molar-refractivity contribution in [3.63, 3.8) is 0 Å². The zero-order chi connectivity index (χ0) is 18.2. The smallest absolute Gasteiger partial charge is 0.227 e. The fourth-order valence-electron chi connectivity index (χ4n) is 2.35. The summed E-state index contributed by atoms with van der Waals surface area (Å²) in [5.74, 6) is 1.50. The van der Waals surface area contributed by atoms with Gasteiger partial charge in [0.05, 0.1) is 7.11 Å². The van der Waals surface area contributed by atoms with Crippen LogP contribution in [0, 0.1) is 0 Å². The van der Waals surface area contributed by atoms with Gasteiger partial charge in [-0.15, -0.1) is 22.0 Å². The van der Waals surface area contributed by atoms with Crippen molar-refractivity contribution in [2.75, 3.05) is 18.2 Å². The molecule has 3 aromatic rings. The van der Waals surface area contributed by atoms with E-state index in [1.54, 1.807) is 18.9 Å². The maximum atomic E-state index is 12.1. The first-order valence-corrected chi connectivity index (χ1v) is 9.97. The Labute approximate surface area is 160 Å². The molecule has 26 heavy (non-hydrogen) atoms. The van der Waals surface area contributed by atoms with E-state index in [1.807, 2.05) is 54.6 Å². The Morgan fingerprint density at radius 1 is 1.12 bits per heavy atom. The summed E-state index contributed by atoms with van der Waals surface area (Å²) < 4.78 is 5.35. The predicted octanol–water partition coefficient (Wildman–Crippen LogP) is 4.26. The van der Waals surface area contributed by atoms with Gasteiger partial charge in [-0.2, -0.15) is 0 Å². The number of nitrogens with zero attached hydrogens (tertiary/aromatic N) is 2. The number of carbonyl (C=O) groups is 1. The third-order valence-corrected chi connectivity index (χ3v) is 5.44. The minimum Gasteiger partial charge on any atom is -0.496 e. The fourth-order valence-corrected chi connectivity index (χ4v) is 4.00. The van der Waals surface area contributed by atoms with Crippen molar-refractivity contribution in [1.82, 2.24) is 10.2 Å². The Bertz CT molecular complexity index is 853. The number of ether oxygens (including phenoxy) is 1. The SMILES string of the molecule is COc1ccccc1Cc1nnc(NC(=O)CCSc2ccccc2)s1. The zero-order valence-corrected chi connectivity index (χ0v) is 16.0. The number of nitrogens with one attached hydrogen (secondary N) is 1. The topological polar surface area (TPSA) is 64.1 Å². The highest BCUT2D eigenvalue weighted by Gasteiger charge is 2.11. The molecule has 0 aliphatic carbocycles. The molecule has 7 heteroatoms. The van der Waals surface area contributed by atoms with Crippen LogP contribution in [-0.4, -0.2) is 29.0 Å². The highest BCUT2D eigenvalue weighted by Crippen LogP contribution is 2.24. The molecule has 0 saturated carbocycles. The van der Waals surface area contributed by atoms with Gasteiger partial charge in [0, 0.05) is 29.1 Å². The van der Waals surface area contributed by atoms with Gasteiger partial charge in [0.25, 0.3) is 0 Å². The minimum atomic E-state index is -0.0478. The number of benzene rings is 2. The molecule has 5 nitrogen and oxygen atoms in total. The van der Waals surface area contributed by atoms with Crippen molar-refractivity contribution in [3.8, 4) is 5.75 Å². The summed E-state index contributed by atoms with van der Waals surface area (Å²) in [6, 6.07) is 17.9. The average Bonchev–Trinajstić information content (AvgIpc) is 3.10. The minimum absolute atomic E-state index is 0.0478. The number of carbonyl (C=O) groups excluding carboxylic acids is 1. The van der Waals surface area contributed by atoms with Gasteiger partial charge in [0.1, 0.15) is 10.8 Å². The summed E-state index contributed by atoms with van der Waals surface area (Å²) in [5.41, 5.74) is 1.04. The molecule has 0 aliphatic rings. The highest BCUT2D eigenvalue weighted by atomic mass is 32.2. The van der Waals surface area contributed by atoms with E-state index in [0.29, 0.717) is 18.0 Å². The monoisotopic (exact) mass is 385 g/mol. The summed E-state index contributed by atoms with van der Waals surface area (Å²) in [6.07, 6.45) is 1.06. The molecule has 1 amide bonds. The van der Waals surface area contributed by atoms with Crippen LogP contribution in [0.25, 0.3) is 0 Å². The van der Waals surface area contributed by atoms with Crippen LogP contribution in [0.1, 0.15) is 17.0 Å². The van der Waals surface area contributed by atoms with Gasteiger partial charge in [-0.1, -0.05) is 47.7 Å². The number of rotatable bonds is 8. The van der Waals surface area contributed by atoms with Crippen LogP contribution < -0.4 is 10.1 Å².